The van der Waals surface area contributed by atoms with E-state index >= 15 is 0 Å². The van der Waals surface area contributed by atoms with Gasteiger partial charge in [-0.2, -0.15) is 0 Å². The van der Waals surface area contributed by atoms with Crippen molar-refractivity contribution in [2.75, 3.05) is 19.9 Å². The van der Waals surface area contributed by atoms with Crippen molar-refractivity contribution in [2.24, 2.45) is 0 Å². The molecule has 3 heterocycles. The number of urea groups is 1. The number of carbonyl (C=O) groups is 1. The summed E-state index contributed by atoms with van der Waals surface area (Å²) in [6.45, 7) is 3.46. The molecule has 1 aromatic heterocycles. The minimum atomic E-state index is -0.0581. The Labute approximate surface area is 145 Å². The quantitative estimate of drug-likeness (QED) is 0.924. The van der Waals surface area contributed by atoms with Gasteiger partial charge in [0.2, 0.25) is 6.79 Å². The fourth-order valence-corrected chi connectivity index (χ4v) is 3.36. The fraction of sp³-hybridized carbons (Fsp3) is 0.444. The van der Waals surface area contributed by atoms with E-state index in [1.807, 2.05) is 36.1 Å². The molecule has 0 spiro atoms. The van der Waals surface area contributed by atoms with Gasteiger partial charge >= 0.3 is 6.03 Å². The van der Waals surface area contributed by atoms with Crippen LogP contribution in [0.1, 0.15) is 35.9 Å². The van der Waals surface area contributed by atoms with Crippen LogP contribution >= 0.6 is 0 Å². The Morgan fingerprint density at radius 2 is 2.20 bits per heavy atom. The highest BCUT2D eigenvalue weighted by molar-refractivity contribution is 5.75. The lowest BCUT2D eigenvalue weighted by Crippen LogP contribution is -2.40. The molecule has 0 saturated carbocycles. The third kappa shape index (κ3) is 3.26. The van der Waals surface area contributed by atoms with Crippen molar-refractivity contribution in [3.8, 4) is 11.5 Å². The molecule has 132 valence electrons. The number of likely N-dealkylation sites (tertiary alicyclic amines) is 1. The molecule has 0 radical (unpaired) electrons. The van der Waals surface area contributed by atoms with Crippen LogP contribution in [-0.4, -0.2) is 36.0 Å². The molecule has 25 heavy (non-hydrogen) atoms. The predicted molar refractivity (Wildman–Crippen MR) is 89.6 cm³/mol. The van der Waals surface area contributed by atoms with Gasteiger partial charge in [-0.1, -0.05) is 11.2 Å². The monoisotopic (exact) mass is 343 g/mol. The minimum absolute atomic E-state index is 0.0215. The number of hydrogen-bond acceptors (Lipinski definition) is 5. The van der Waals surface area contributed by atoms with Crippen molar-refractivity contribution in [1.82, 2.24) is 15.4 Å². The summed E-state index contributed by atoms with van der Waals surface area (Å²) in [6.07, 6.45) is 2.62. The SMILES string of the molecule is Cc1cc(C2CCCN2C(=O)NCCc2ccc3c(c2)OCO3)on1. The van der Waals surface area contributed by atoms with Crippen molar-refractivity contribution in [3.05, 3.63) is 41.3 Å². The largest absolute Gasteiger partial charge is 0.454 e. The predicted octanol–water partition coefficient (Wildman–Crippen LogP) is 2.80. The Bertz CT molecular complexity index is 773. The Hall–Kier alpha value is -2.70. The molecular weight excluding hydrogens is 322 g/mol. The van der Waals surface area contributed by atoms with Crippen molar-refractivity contribution in [2.45, 2.75) is 32.2 Å². The molecule has 2 aliphatic heterocycles. The molecule has 2 aromatic rings. The van der Waals surface area contributed by atoms with Crippen LogP contribution in [0.3, 0.4) is 0 Å². The van der Waals surface area contributed by atoms with Gasteiger partial charge in [0, 0.05) is 19.2 Å². The van der Waals surface area contributed by atoms with E-state index in [9.17, 15) is 4.79 Å². The van der Waals surface area contributed by atoms with Crippen LogP contribution in [-0.2, 0) is 6.42 Å². The molecular formula is C18H21N3O4. The molecule has 1 unspecified atom stereocenters. The first-order chi connectivity index (χ1) is 12.2. The third-order valence-electron chi connectivity index (χ3n) is 4.62. The van der Waals surface area contributed by atoms with Gasteiger partial charge in [0.25, 0.3) is 0 Å². The normalized spacial score (nSPS) is 18.6. The molecule has 2 aliphatic rings. The van der Waals surface area contributed by atoms with Crippen molar-refractivity contribution >= 4 is 6.03 Å². The molecule has 1 aromatic carbocycles. The molecule has 0 bridgehead atoms. The second-order valence-electron chi connectivity index (χ2n) is 6.39. The van der Waals surface area contributed by atoms with Gasteiger partial charge in [0.1, 0.15) is 0 Å². The summed E-state index contributed by atoms with van der Waals surface area (Å²) in [7, 11) is 0. The van der Waals surface area contributed by atoms with Crippen LogP contribution in [0.25, 0.3) is 0 Å². The van der Waals surface area contributed by atoms with Gasteiger partial charge in [-0.15, -0.1) is 0 Å². The first-order valence-corrected chi connectivity index (χ1v) is 8.57. The lowest BCUT2D eigenvalue weighted by atomic mass is 10.1. The molecule has 1 N–H and O–H groups in total. The molecule has 7 nitrogen and oxygen atoms in total. The van der Waals surface area contributed by atoms with Crippen LogP contribution in [0, 0.1) is 6.92 Å². The Kier molecular flexibility index (Phi) is 4.21. The van der Waals surface area contributed by atoms with Crippen molar-refractivity contribution in [1.29, 1.82) is 0 Å². The molecule has 1 atom stereocenters. The van der Waals surface area contributed by atoms with Gasteiger partial charge in [-0.05, 0) is 43.9 Å². The zero-order chi connectivity index (χ0) is 17.2. The summed E-state index contributed by atoms with van der Waals surface area (Å²) in [5.74, 6) is 2.31. The Morgan fingerprint density at radius 3 is 3.04 bits per heavy atom. The van der Waals surface area contributed by atoms with E-state index in [2.05, 4.69) is 10.5 Å². The molecule has 2 amide bonds. The molecule has 1 fully saturated rings. The number of rotatable bonds is 4. The van der Waals surface area contributed by atoms with E-state index in [1.165, 1.54) is 0 Å². The van der Waals surface area contributed by atoms with Gasteiger partial charge < -0.3 is 24.2 Å². The molecule has 7 heteroatoms. The Balaban J connectivity index is 1.32. The topological polar surface area (TPSA) is 76.8 Å². The molecule has 1 saturated heterocycles. The molecule has 0 aliphatic carbocycles. The number of aromatic nitrogens is 1. The summed E-state index contributed by atoms with van der Waals surface area (Å²) in [5.41, 5.74) is 1.94. The maximum atomic E-state index is 12.5. The number of amides is 2. The van der Waals surface area contributed by atoms with Gasteiger partial charge in [0.05, 0.1) is 11.7 Å². The van der Waals surface area contributed by atoms with Crippen LogP contribution in [0.5, 0.6) is 11.5 Å². The minimum Gasteiger partial charge on any atom is -0.454 e. The number of nitrogens with zero attached hydrogens (tertiary/aromatic N) is 2. The highest BCUT2D eigenvalue weighted by atomic mass is 16.7. The lowest BCUT2D eigenvalue weighted by molar-refractivity contribution is 0.174. The zero-order valence-corrected chi connectivity index (χ0v) is 14.2. The third-order valence-corrected chi connectivity index (χ3v) is 4.62. The summed E-state index contributed by atoms with van der Waals surface area (Å²) in [5, 5.41) is 6.93. The highest BCUT2D eigenvalue weighted by Crippen LogP contribution is 2.33. The van der Waals surface area contributed by atoms with E-state index in [-0.39, 0.29) is 18.9 Å². The van der Waals surface area contributed by atoms with Crippen molar-refractivity contribution in [3.63, 3.8) is 0 Å². The van der Waals surface area contributed by atoms with Crippen LogP contribution in [0.2, 0.25) is 0 Å². The fourth-order valence-electron chi connectivity index (χ4n) is 3.36. The van der Waals surface area contributed by atoms with E-state index in [0.717, 1.165) is 54.3 Å². The second-order valence-corrected chi connectivity index (χ2v) is 6.39. The average Bonchev–Trinajstić information content (AvgIpc) is 3.34. The summed E-state index contributed by atoms with van der Waals surface area (Å²) < 4.78 is 16.0. The van der Waals surface area contributed by atoms with E-state index < -0.39 is 0 Å². The maximum absolute atomic E-state index is 12.5. The highest BCUT2D eigenvalue weighted by Gasteiger charge is 2.32. The van der Waals surface area contributed by atoms with Gasteiger partial charge in [0.15, 0.2) is 17.3 Å². The number of fused-ring (bicyclic) bond motifs is 1. The smallest absolute Gasteiger partial charge is 0.318 e. The number of benzene rings is 1. The first-order valence-electron chi connectivity index (χ1n) is 8.57. The van der Waals surface area contributed by atoms with Crippen LogP contribution in [0.15, 0.2) is 28.8 Å². The van der Waals surface area contributed by atoms with Crippen molar-refractivity contribution < 1.29 is 18.8 Å². The Morgan fingerprint density at radius 1 is 1.32 bits per heavy atom. The number of hydrogen-bond donors (Lipinski definition) is 1. The maximum Gasteiger partial charge on any atom is 0.318 e. The summed E-state index contributed by atoms with van der Waals surface area (Å²) in [4.78, 5) is 14.4. The summed E-state index contributed by atoms with van der Waals surface area (Å²) >= 11 is 0. The standard InChI is InChI=1S/C18H21N3O4/c1-12-9-16(25-20-12)14-3-2-8-21(14)18(22)19-7-6-13-4-5-15-17(10-13)24-11-23-15/h4-5,9-10,14H,2-3,6-8,11H2,1H3,(H,19,22). The average molecular weight is 343 g/mol. The first kappa shape index (κ1) is 15.8. The van der Waals surface area contributed by atoms with E-state index in [0.29, 0.717) is 6.54 Å². The lowest BCUT2D eigenvalue weighted by Gasteiger charge is -2.23. The van der Waals surface area contributed by atoms with E-state index in [4.69, 9.17) is 14.0 Å². The number of carbonyl (C=O) groups excluding carboxylic acids is 1. The number of ether oxygens (including phenoxy) is 2. The van der Waals surface area contributed by atoms with Crippen LogP contribution < -0.4 is 14.8 Å². The van der Waals surface area contributed by atoms with E-state index in [1.54, 1.807) is 0 Å². The number of aryl methyl sites for hydroxylation is 1. The molecule has 4 rings (SSSR count). The van der Waals surface area contributed by atoms with Gasteiger partial charge in [-0.25, -0.2) is 4.79 Å². The second kappa shape index (κ2) is 6.66. The van der Waals surface area contributed by atoms with Gasteiger partial charge in [-0.3, -0.25) is 0 Å². The summed E-state index contributed by atoms with van der Waals surface area (Å²) in [6, 6.07) is 7.69. The zero-order valence-electron chi connectivity index (χ0n) is 14.2. The number of nitrogens with one attached hydrogen (secondary N) is 1. The van der Waals surface area contributed by atoms with Crippen LogP contribution in [0.4, 0.5) is 4.79 Å².